The summed E-state index contributed by atoms with van der Waals surface area (Å²) in [4.78, 5) is 22.3. The average molecular weight is 439 g/mol. The molecule has 33 heavy (non-hydrogen) atoms. The van der Waals surface area contributed by atoms with Crippen LogP contribution in [0, 0.1) is 12.7 Å². The molecule has 0 radical (unpaired) electrons. The Morgan fingerprint density at radius 1 is 1.03 bits per heavy atom. The van der Waals surface area contributed by atoms with Crippen LogP contribution in [-0.4, -0.2) is 25.0 Å². The van der Waals surface area contributed by atoms with Crippen LogP contribution in [-0.2, 0) is 7.05 Å². The highest BCUT2D eigenvalue weighted by atomic mass is 19.1. The third kappa shape index (κ3) is 3.89. The summed E-state index contributed by atoms with van der Waals surface area (Å²) in [5.74, 6) is 0.894. The number of aromatic nitrogens is 4. The van der Waals surface area contributed by atoms with Gasteiger partial charge in [-0.15, -0.1) is 0 Å². The molecule has 0 saturated carbocycles. The molecule has 1 unspecified atom stereocenters. The van der Waals surface area contributed by atoms with E-state index in [9.17, 15) is 9.18 Å². The molecule has 164 valence electrons. The number of rotatable bonds is 5. The lowest BCUT2D eigenvalue weighted by Crippen LogP contribution is -2.31. The second-order valence-corrected chi connectivity index (χ2v) is 7.89. The van der Waals surface area contributed by atoms with E-state index in [2.05, 4.69) is 19.9 Å². The SMILES string of the molecule is Cc1nc2cc(C(=O)NC(c3ccc(F)cc3)c3nccn3C)ccc2n1-c1ccccc1. The average Bonchev–Trinajstić information content (AvgIpc) is 3.39. The molecular weight excluding hydrogens is 417 g/mol. The van der Waals surface area contributed by atoms with Gasteiger partial charge in [0, 0.05) is 30.7 Å². The summed E-state index contributed by atoms with van der Waals surface area (Å²) in [5.41, 5.74) is 3.90. The number of halogens is 1. The second kappa shape index (κ2) is 8.35. The van der Waals surface area contributed by atoms with Crippen LogP contribution < -0.4 is 5.32 Å². The minimum absolute atomic E-state index is 0.263. The van der Waals surface area contributed by atoms with E-state index in [1.807, 2.05) is 61.1 Å². The number of aryl methyl sites for hydroxylation is 2. The van der Waals surface area contributed by atoms with E-state index in [1.165, 1.54) is 12.1 Å². The van der Waals surface area contributed by atoms with Gasteiger partial charge in [0.2, 0.25) is 0 Å². The zero-order valence-electron chi connectivity index (χ0n) is 18.2. The van der Waals surface area contributed by atoms with Crippen molar-refractivity contribution in [3.05, 3.63) is 114 Å². The number of carbonyl (C=O) groups is 1. The molecule has 0 bridgehead atoms. The minimum atomic E-state index is -0.530. The van der Waals surface area contributed by atoms with Crippen molar-refractivity contribution in [2.75, 3.05) is 0 Å². The first-order chi connectivity index (χ1) is 16.0. The number of benzene rings is 3. The van der Waals surface area contributed by atoms with Crippen LogP contribution in [0.3, 0.4) is 0 Å². The Kier molecular flexibility index (Phi) is 5.22. The van der Waals surface area contributed by atoms with Gasteiger partial charge in [-0.25, -0.2) is 14.4 Å². The number of amides is 1. The van der Waals surface area contributed by atoms with Crippen molar-refractivity contribution in [1.82, 2.24) is 24.4 Å². The van der Waals surface area contributed by atoms with Gasteiger partial charge in [0.05, 0.1) is 11.0 Å². The van der Waals surface area contributed by atoms with Gasteiger partial charge in [0.15, 0.2) is 0 Å². The molecule has 1 amide bonds. The lowest BCUT2D eigenvalue weighted by molar-refractivity contribution is 0.0941. The summed E-state index contributed by atoms with van der Waals surface area (Å²) in [6, 6.07) is 21.0. The van der Waals surface area contributed by atoms with Crippen molar-refractivity contribution in [3.8, 4) is 5.69 Å². The van der Waals surface area contributed by atoms with Crippen LogP contribution in [0.25, 0.3) is 16.7 Å². The molecule has 0 aliphatic carbocycles. The topological polar surface area (TPSA) is 64.7 Å². The fourth-order valence-electron chi connectivity index (χ4n) is 4.07. The van der Waals surface area contributed by atoms with Crippen LogP contribution in [0.5, 0.6) is 0 Å². The third-order valence-corrected chi connectivity index (χ3v) is 5.69. The lowest BCUT2D eigenvalue weighted by Gasteiger charge is -2.19. The molecule has 5 aromatic rings. The molecule has 0 spiro atoms. The van der Waals surface area contributed by atoms with Crippen molar-refractivity contribution < 1.29 is 9.18 Å². The van der Waals surface area contributed by atoms with Crippen LogP contribution in [0.2, 0.25) is 0 Å². The zero-order valence-corrected chi connectivity index (χ0v) is 18.2. The number of imidazole rings is 2. The number of hydrogen-bond acceptors (Lipinski definition) is 3. The predicted octanol–water partition coefficient (Wildman–Crippen LogP) is 4.73. The predicted molar refractivity (Wildman–Crippen MR) is 125 cm³/mol. The molecule has 1 atom stereocenters. The Labute approximate surface area is 190 Å². The first-order valence-electron chi connectivity index (χ1n) is 10.6. The van der Waals surface area contributed by atoms with Crippen molar-refractivity contribution in [2.24, 2.45) is 7.05 Å². The molecule has 2 aromatic heterocycles. The largest absolute Gasteiger partial charge is 0.338 e. The van der Waals surface area contributed by atoms with Gasteiger partial charge in [0.1, 0.15) is 23.5 Å². The van der Waals surface area contributed by atoms with E-state index in [1.54, 1.807) is 30.5 Å². The standard InChI is InChI=1S/C26H22FN5O/c1-17-29-22-16-19(10-13-23(22)32(17)21-6-4-3-5-7-21)26(33)30-24(25-28-14-15-31(25)2)18-8-11-20(27)12-9-18/h3-16,24H,1-2H3,(H,30,33). The highest BCUT2D eigenvalue weighted by Gasteiger charge is 2.22. The van der Waals surface area contributed by atoms with Crippen molar-refractivity contribution in [1.29, 1.82) is 0 Å². The molecule has 2 heterocycles. The maximum atomic E-state index is 13.5. The maximum absolute atomic E-state index is 13.5. The number of carbonyl (C=O) groups excluding carboxylic acids is 1. The first-order valence-corrected chi connectivity index (χ1v) is 10.6. The number of nitrogens with zero attached hydrogens (tertiary/aromatic N) is 4. The van der Waals surface area contributed by atoms with Gasteiger partial charge < -0.3 is 9.88 Å². The summed E-state index contributed by atoms with van der Waals surface area (Å²) < 4.78 is 17.4. The van der Waals surface area contributed by atoms with Crippen molar-refractivity contribution >= 4 is 16.9 Å². The summed E-state index contributed by atoms with van der Waals surface area (Å²) in [6.07, 6.45) is 3.48. The van der Waals surface area contributed by atoms with Gasteiger partial charge in [-0.2, -0.15) is 0 Å². The Hall–Kier alpha value is -4.26. The summed E-state index contributed by atoms with van der Waals surface area (Å²) in [7, 11) is 1.86. The van der Waals surface area contributed by atoms with Gasteiger partial charge in [-0.1, -0.05) is 30.3 Å². The molecule has 0 saturated heterocycles. The van der Waals surface area contributed by atoms with Gasteiger partial charge in [-0.05, 0) is 55.0 Å². The van der Waals surface area contributed by atoms with E-state index in [-0.39, 0.29) is 11.7 Å². The van der Waals surface area contributed by atoms with Crippen LogP contribution in [0.1, 0.15) is 33.6 Å². The molecule has 5 rings (SSSR count). The molecular formula is C26H22FN5O. The van der Waals surface area contributed by atoms with Crippen LogP contribution >= 0.6 is 0 Å². The van der Waals surface area contributed by atoms with E-state index >= 15 is 0 Å². The van der Waals surface area contributed by atoms with Crippen molar-refractivity contribution in [3.63, 3.8) is 0 Å². The summed E-state index contributed by atoms with van der Waals surface area (Å²) >= 11 is 0. The Morgan fingerprint density at radius 3 is 2.48 bits per heavy atom. The maximum Gasteiger partial charge on any atom is 0.252 e. The Morgan fingerprint density at radius 2 is 1.79 bits per heavy atom. The van der Waals surface area contributed by atoms with E-state index < -0.39 is 6.04 Å². The molecule has 0 aliphatic heterocycles. The van der Waals surface area contributed by atoms with Gasteiger partial charge in [0.25, 0.3) is 5.91 Å². The highest BCUT2D eigenvalue weighted by Crippen LogP contribution is 2.24. The quantitative estimate of drug-likeness (QED) is 0.431. The fraction of sp³-hybridized carbons (Fsp3) is 0.115. The number of para-hydroxylation sites is 1. The fourth-order valence-corrected chi connectivity index (χ4v) is 4.07. The van der Waals surface area contributed by atoms with Crippen LogP contribution in [0.4, 0.5) is 4.39 Å². The highest BCUT2D eigenvalue weighted by molar-refractivity contribution is 5.98. The molecule has 0 aliphatic rings. The summed E-state index contributed by atoms with van der Waals surface area (Å²) in [6.45, 7) is 1.94. The van der Waals surface area contributed by atoms with E-state index in [4.69, 9.17) is 0 Å². The second-order valence-electron chi connectivity index (χ2n) is 7.89. The smallest absolute Gasteiger partial charge is 0.252 e. The zero-order chi connectivity index (χ0) is 22.9. The Balaban J connectivity index is 1.49. The molecule has 3 aromatic carbocycles. The van der Waals surface area contributed by atoms with Gasteiger partial charge >= 0.3 is 0 Å². The third-order valence-electron chi connectivity index (χ3n) is 5.69. The first kappa shape index (κ1) is 20.6. The van der Waals surface area contributed by atoms with E-state index in [0.717, 1.165) is 28.1 Å². The minimum Gasteiger partial charge on any atom is -0.338 e. The summed E-state index contributed by atoms with van der Waals surface area (Å²) in [5, 5.41) is 3.05. The number of fused-ring (bicyclic) bond motifs is 1. The molecule has 0 fully saturated rings. The molecule has 6 nitrogen and oxygen atoms in total. The molecule has 1 N–H and O–H groups in total. The lowest BCUT2D eigenvalue weighted by atomic mass is 10.0. The van der Waals surface area contributed by atoms with E-state index in [0.29, 0.717) is 11.4 Å². The number of nitrogens with one attached hydrogen (secondary N) is 1. The monoisotopic (exact) mass is 439 g/mol. The van der Waals surface area contributed by atoms with Crippen LogP contribution in [0.15, 0.2) is 85.2 Å². The van der Waals surface area contributed by atoms with Crippen molar-refractivity contribution in [2.45, 2.75) is 13.0 Å². The number of hydrogen-bond donors (Lipinski definition) is 1. The normalized spacial score (nSPS) is 12.1. The Bertz CT molecular complexity index is 1440. The van der Waals surface area contributed by atoms with Gasteiger partial charge in [-0.3, -0.25) is 9.36 Å². The molecule has 7 heteroatoms.